The molecule has 1 saturated carbocycles. The van der Waals surface area contributed by atoms with Gasteiger partial charge in [-0.1, -0.05) is 42.0 Å². The van der Waals surface area contributed by atoms with E-state index < -0.39 is 98.2 Å². The number of fused-ring (bicyclic) bond motifs is 5. The van der Waals surface area contributed by atoms with Gasteiger partial charge in [-0.2, -0.15) is 0 Å². The molecule has 4 fully saturated rings. The van der Waals surface area contributed by atoms with Crippen LogP contribution in [0.15, 0.2) is 72.3 Å². The van der Waals surface area contributed by atoms with E-state index in [-0.39, 0.29) is 28.0 Å². The van der Waals surface area contributed by atoms with Crippen molar-refractivity contribution in [3.05, 3.63) is 107 Å². The van der Waals surface area contributed by atoms with Gasteiger partial charge in [0.2, 0.25) is 17.6 Å². The maximum Gasteiger partial charge on any atom is 0.258 e. The van der Waals surface area contributed by atoms with E-state index in [9.17, 15) is 37.5 Å². The van der Waals surface area contributed by atoms with Gasteiger partial charge in [-0.05, 0) is 60.0 Å². The third-order valence-corrected chi connectivity index (χ3v) is 13.4. The fraction of sp³-hybridized carbons (Fsp3) is 0.300. The Bertz CT molecular complexity index is 2430. The van der Waals surface area contributed by atoms with E-state index >= 15 is 8.78 Å². The Labute approximate surface area is 324 Å². The maximum atomic E-state index is 15.4. The minimum absolute atomic E-state index is 0.0122. The van der Waals surface area contributed by atoms with Crippen molar-refractivity contribution < 1.29 is 51.0 Å². The summed E-state index contributed by atoms with van der Waals surface area (Å²) in [5.41, 5.74) is -0.186. The van der Waals surface area contributed by atoms with E-state index in [0.29, 0.717) is 42.9 Å². The number of nitrogens with zero attached hydrogens (tertiary/aromatic N) is 3. The first kappa shape index (κ1) is 36.6. The molecular formula is C40H28Cl2F5N3O6. The highest BCUT2D eigenvalue weighted by atomic mass is 35.5. The van der Waals surface area contributed by atoms with Crippen LogP contribution in [0.5, 0.6) is 5.75 Å². The molecule has 9 rings (SSSR count). The number of carbonyl (C=O) groups is 4. The molecule has 0 radical (unpaired) electrons. The second-order valence-corrected chi connectivity index (χ2v) is 15.8. The van der Waals surface area contributed by atoms with Crippen LogP contribution in [0.2, 0.25) is 0 Å². The van der Waals surface area contributed by atoms with Crippen molar-refractivity contribution in [3.63, 3.8) is 0 Å². The second kappa shape index (κ2) is 12.7. The number of hydrogen-bond donors (Lipinski definition) is 1. The van der Waals surface area contributed by atoms with E-state index in [2.05, 4.69) is 4.90 Å². The number of ether oxygens (including phenoxy) is 1. The average molecular weight is 813 g/mol. The van der Waals surface area contributed by atoms with Crippen LogP contribution in [0.4, 0.5) is 39.0 Å². The first-order valence-electron chi connectivity index (χ1n) is 17.7. The van der Waals surface area contributed by atoms with Crippen molar-refractivity contribution in [2.24, 2.45) is 17.8 Å². The number of morpholine rings is 1. The number of phenolic OH excluding ortho intramolecular Hbond substituents is 1. The van der Waals surface area contributed by atoms with E-state index in [1.807, 2.05) is 0 Å². The van der Waals surface area contributed by atoms with Gasteiger partial charge in [0.25, 0.3) is 11.8 Å². The fourth-order valence-corrected chi connectivity index (χ4v) is 10.3. The summed E-state index contributed by atoms with van der Waals surface area (Å²) in [5, 5.41) is 11.4. The van der Waals surface area contributed by atoms with Crippen molar-refractivity contribution in [3.8, 4) is 5.75 Å². The predicted molar refractivity (Wildman–Crippen MR) is 194 cm³/mol. The number of amides is 4. The maximum absolute atomic E-state index is 15.4. The molecule has 0 aromatic heterocycles. The number of carbonyl (C=O) groups excluding carboxylic acids is 4. The Morgan fingerprint density at radius 3 is 1.96 bits per heavy atom. The number of benzene rings is 4. The van der Waals surface area contributed by atoms with Crippen LogP contribution in [-0.4, -0.2) is 64.8 Å². The Kier molecular flexibility index (Phi) is 8.32. The van der Waals surface area contributed by atoms with Crippen molar-refractivity contribution in [1.82, 2.24) is 0 Å². The number of allylic oxidation sites excluding steroid dienone is 2. The van der Waals surface area contributed by atoms with Crippen LogP contribution in [0.1, 0.15) is 24.3 Å². The summed E-state index contributed by atoms with van der Waals surface area (Å²) in [6.07, 6.45) is 0.992. The quantitative estimate of drug-likeness (QED) is 0.0601. The van der Waals surface area contributed by atoms with Crippen molar-refractivity contribution >= 4 is 74.7 Å². The number of halogens is 7. The molecule has 288 valence electrons. The molecule has 2 aliphatic carbocycles. The van der Waals surface area contributed by atoms with Crippen LogP contribution in [0, 0.1) is 46.8 Å². The SMILES string of the molecule is O=C1C2CC=C3C(CC4(Cl)C(=O)N(c5c(F)c(F)c(F)c(F)c5F)C(=O)C4(Cl)C3c3ccc(O)c4ccccc34)C2C(=O)N1c1ccc(N2CCOCC2)cc1. The van der Waals surface area contributed by atoms with Gasteiger partial charge in [0.1, 0.15) is 11.4 Å². The lowest BCUT2D eigenvalue weighted by Gasteiger charge is -2.51. The van der Waals surface area contributed by atoms with Crippen LogP contribution >= 0.6 is 23.2 Å². The highest BCUT2D eigenvalue weighted by Crippen LogP contribution is 2.66. The van der Waals surface area contributed by atoms with Gasteiger partial charge in [0.15, 0.2) is 33.0 Å². The molecule has 9 nitrogen and oxygen atoms in total. The molecule has 6 unspecified atom stereocenters. The number of anilines is 3. The molecule has 3 saturated heterocycles. The number of hydrogen-bond acceptors (Lipinski definition) is 7. The van der Waals surface area contributed by atoms with Crippen LogP contribution in [0.3, 0.4) is 0 Å². The van der Waals surface area contributed by atoms with Gasteiger partial charge in [-0.15, -0.1) is 23.2 Å². The van der Waals surface area contributed by atoms with E-state index in [1.165, 1.54) is 12.1 Å². The number of phenols is 1. The lowest BCUT2D eigenvalue weighted by molar-refractivity contribution is -0.125. The summed E-state index contributed by atoms with van der Waals surface area (Å²) >= 11 is 14.6. The molecule has 5 aliphatic rings. The number of aromatic hydroxyl groups is 1. The summed E-state index contributed by atoms with van der Waals surface area (Å²) in [6, 6.07) is 16.0. The summed E-state index contributed by atoms with van der Waals surface area (Å²) in [6.45, 7) is 2.41. The summed E-state index contributed by atoms with van der Waals surface area (Å²) in [4.78, 5) is 55.5. The first-order valence-corrected chi connectivity index (χ1v) is 18.5. The van der Waals surface area contributed by atoms with E-state index in [0.717, 1.165) is 10.6 Å². The standard InChI is InChI=1S/C40H28Cl2F5N3O6/c41-39-17-25-23(9-10-24-27(25)36(53)49(35(24)52)19-7-5-18(6-8-19)48-13-15-56-16-14-48)28(22-11-12-26(51)21-4-2-1-3-20(21)22)40(39,42)38(55)50(37(39)54)34-32(46)30(44)29(43)31(45)33(34)47/h1-9,11-12,24-25,27-28,51H,10,13-17H2. The van der Waals surface area contributed by atoms with Crippen LogP contribution in [0.25, 0.3) is 10.8 Å². The minimum atomic E-state index is -2.69. The molecule has 3 heterocycles. The van der Waals surface area contributed by atoms with Crippen molar-refractivity contribution in [1.29, 1.82) is 0 Å². The van der Waals surface area contributed by atoms with Gasteiger partial charge in [-0.25, -0.2) is 26.9 Å². The van der Waals surface area contributed by atoms with Gasteiger partial charge in [0, 0.05) is 30.1 Å². The molecule has 4 aromatic rings. The molecule has 4 amide bonds. The largest absolute Gasteiger partial charge is 0.507 e. The van der Waals surface area contributed by atoms with Crippen LogP contribution in [-0.2, 0) is 23.9 Å². The van der Waals surface area contributed by atoms with Gasteiger partial charge < -0.3 is 14.7 Å². The summed E-state index contributed by atoms with van der Waals surface area (Å²) in [5.74, 6) is -21.4. The zero-order chi connectivity index (χ0) is 39.6. The van der Waals surface area contributed by atoms with E-state index in [4.69, 9.17) is 27.9 Å². The Balaban J connectivity index is 1.20. The lowest BCUT2D eigenvalue weighted by Crippen LogP contribution is -2.60. The van der Waals surface area contributed by atoms with Gasteiger partial charge in [-0.3, -0.25) is 24.1 Å². The van der Waals surface area contributed by atoms with E-state index in [1.54, 1.807) is 54.6 Å². The molecule has 1 N–H and O–H groups in total. The summed E-state index contributed by atoms with van der Waals surface area (Å²) in [7, 11) is 0. The number of alkyl halides is 2. The first-order chi connectivity index (χ1) is 26.7. The minimum Gasteiger partial charge on any atom is -0.507 e. The Morgan fingerprint density at radius 1 is 0.696 bits per heavy atom. The molecule has 3 aliphatic heterocycles. The molecule has 0 spiro atoms. The van der Waals surface area contributed by atoms with Gasteiger partial charge >= 0.3 is 0 Å². The smallest absolute Gasteiger partial charge is 0.258 e. The summed E-state index contributed by atoms with van der Waals surface area (Å²) < 4.78 is 79.6. The average Bonchev–Trinajstić information content (AvgIpc) is 3.55. The molecule has 6 atom stereocenters. The zero-order valence-electron chi connectivity index (χ0n) is 28.9. The third-order valence-electron chi connectivity index (χ3n) is 12.0. The zero-order valence-corrected chi connectivity index (χ0v) is 30.4. The normalized spacial score (nSPS) is 28.8. The fourth-order valence-electron chi connectivity index (χ4n) is 9.36. The van der Waals surface area contributed by atoms with Crippen molar-refractivity contribution in [2.45, 2.75) is 28.5 Å². The Hall–Kier alpha value is -5.05. The lowest BCUT2D eigenvalue weighted by atomic mass is 9.56. The van der Waals surface area contributed by atoms with Gasteiger partial charge in [0.05, 0.1) is 30.7 Å². The predicted octanol–water partition coefficient (Wildman–Crippen LogP) is 6.85. The number of rotatable bonds is 4. The topological polar surface area (TPSA) is 107 Å². The second-order valence-electron chi connectivity index (χ2n) is 14.5. The van der Waals surface area contributed by atoms with Crippen LogP contribution < -0.4 is 14.7 Å². The molecule has 0 bridgehead atoms. The Morgan fingerprint density at radius 2 is 1.30 bits per heavy atom. The monoisotopic (exact) mass is 811 g/mol. The molecule has 4 aromatic carbocycles. The molecule has 56 heavy (non-hydrogen) atoms. The third kappa shape index (κ3) is 4.75. The number of imide groups is 2. The van der Waals surface area contributed by atoms with Crippen molar-refractivity contribution in [2.75, 3.05) is 41.0 Å². The highest BCUT2D eigenvalue weighted by molar-refractivity contribution is 6.58. The molecule has 16 heteroatoms. The highest BCUT2D eigenvalue weighted by Gasteiger charge is 2.77. The molecular weight excluding hydrogens is 784 g/mol.